The summed E-state index contributed by atoms with van der Waals surface area (Å²) in [5.41, 5.74) is 5.67. The number of hydrogen-bond acceptors (Lipinski definition) is 4. The Hall–Kier alpha value is -1.96. The number of nitrogens with two attached hydrogens (primary N) is 1. The van der Waals surface area contributed by atoms with Crippen LogP contribution in [0.3, 0.4) is 0 Å². The molecule has 1 aromatic carbocycles. The Morgan fingerprint density at radius 3 is 2.70 bits per heavy atom. The van der Waals surface area contributed by atoms with Crippen LogP contribution in [0.15, 0.2) is 29.4 Å². The Balaban J connectivity index is 2.60. The van der Waals surface area contributed by atoms with Crippen LogP contribution < -0.4 is 10.5 Å². The largest absolute Gasteiger partial charge is 0.497 e. The maximum Gasteiger partial charge on any atom is 0.401 e. The first-order valence-electron chi connectivity index (χ1n) is 5.63. The van der Waals surface area contributed by atoms with Gasteiger partial charge in [0.2, 0.25) is 0 Å². The van der Waals surface area contributed by atoms with Crippen molar-refractivity contribution >= 4 is 5.84 Å². The first kappa shape index (κ1) is 16.1. The predicted molar refractivity (Wildman–Crippen MR) is 65.6 cm³/mol. The molecule has 0 saturated heterocycles. The highest BCUT2D eigenvalue weighted by Crippen LogP contribution is 2.27. The van der Waals surface area contributed by atoms with E-state index in [1.54, 1.807) is 24.3 Å². The van der Waals surface area contributed by atoms with Crippen molar-refractivity contribution in [2.75, 3.05) is 13.7 Å². The van der Waals surface area contributed by atoms with Crippen molar-refractivity contribution in [3.63, 3.8) is 0 Å². The van der Waals surface area contributed by atoms with Crippen molar-refractivity contribution in [1.29, 1.82) is 0 Å². The van der Waals surface area contributed by atoms with Gasteiger partial charge in [-0.25, -0.2) is 0 Å². The third-order valence-corrected chi connectivity index (χ3v) is 2.56. The highest BCUT2D eigenvalue weighted by atomic mass is 19.4. The van der Waals surface area contributed by atoms with Crippen molar-refractivity contribution < 1.29 is 27.9 Å². The molecule has 0 radical (unpaired) electrons. The molecule has 1 atom stereocenters. The average molecular weight is 292 g/mol. The van der Waals surface area contributed by atoms with E-state index in [0.717, 1.165) is 0 Å². The van der Waals surface area contributed by atoms with E-state index >= 15 is 0 Å². The van der Waals surface area contributed by atoms with Crippen LogP contribution in [0.1, 0.15) is 5.56 Å². The molecule has 3 N–H and O–H groups in total. The molecule has 8 heteroatoms. The highest BCUT2D eigenvalue weighted by Gasteiger charge is 2.43. The minimum absolute atomic E-state index is 0.0392. The summed E-state index contributed by atoms with van der Waals surface area (Å²) in [5.74, 6) is -2.49. The third-order valence-electron chi connectivity index (χ3n) is 2.56. The van der Waals surface area contributed by atoms with Crippen molar-refractivity contribution in [3.8, 4) is 5.75 Å². The minimum atomic E-state index is -4.63. The fourth-order valence-electron chi connectivity index (χ4n) is 1.47. The zero-order valence-electron chi connectivity index (χ0n) is 10.7. The highest BCUT2D eigenvalue weighted by molar-refractivity contribution is 5.83. The summed E-state index contributed by atoms with van der Waals surface area (Å²) < 4.78 is 47.9. The van der Waals surface area contributed by atoms with Gasteiger partial charge in [0, 0.05) is 0 Å². The van der Waals surface area contributed by atoms with Gasteiger partial charge in [0.15, 0.2) is 5.84 Å². The molecular formula is C12H15F3N2O3. The van der Waals surface area contributed by atoms with Crippen LogP contribution in [0.25, 0.3) is 0 Å². The molecule has 0 aliphatic heterocycles. The van der Waals surface area contributed by atoms with Crippen molar-refractivity contribution in [1.82, 2.24) is 0 Å². The molecule has 0 saturated carbocycles. The predicted octanol–water partition coefficient (Wildman–Crippen LogP) is 2.14. The van der Waals surface area contributed by atoms with E-state index < -0.39 is 24.5 Å². The first-order chi connectivity index (χ1) is 9.38. The van der Waals surface area contributed by atoms with Crippen LogP contribution in [0.5, 0.6) is 5.75 Å². The summed E-state index contributed by atoms with van der Waals surface area (Å²) in [6.45, 7) is -0.765. The fraction of sp³-hybridized carbons (Fsp3) is 0.417. The number of nitrogens with zero attached hydrogens (tertiary/aromatic N) is 1. The zero-order chi connectivity index (χ0) is 15.2. The average Bonchev–Trinajstić information content (AvgIpc) is 2.41. The van der Waals surface area contributed by atoms with E-state index in [2.05, 4.69) is 5.16 Å². The molecule has 1 unspecified atom stereocenters. The molecule has 0 spiro atoms. The molecule has 0 aliphatic carbocycles. The van der Waals surface area contributed by atoms with Gasteiger partial charge >= 0.3 is 6.18 Å². The first-order valence-corrected chi connectivity index (χ1v) is 5.63. The molecule has 0 amide bonds. The molecule has 0 aromatic heterocycles. The number of halogens is 3. The lowest BCUT2D eigenvalue weighted by Gasteiger charge is -2.18. The molecular weight excluding hydrogens is 277 g/mol. The Bertz CT molecular complexity index is 464. The van der Waals surface area contributed by atoms with Gasteiger partial charge in [-0.3, -0.25) is 0 Å². The number of amidine groups is 1. The summed E-state index contributed by atoms with van der Waals surface area (Å²) in [6, 6.07) is 6.74. The molecule has 112 valence electrons. The normalized spacial score (nSPS) is 14.1. The molecule has 0 bridgehead atoms. The van der Waals surface area contributed by atoms with Crippen molar-refractivity contribution in [2.24, 2.45) is 16.8 Å². The number of hydrogen-bond donors (Lipinski definition) is 2. The molecule has 0 aliphatic rings. The van der Waals surface area contributed by atoms with E-state index in [-0.39, 0.29) is 6.61 Å². The SMILES string of the molecule is COc1cccc(COCC(/C(N)=N/O)C(F)(F)F)c1. The number of alkyl halides is 3. The number of oxime groups is 1. The second-order valence-corrected chi connectivity index (χ2v) is 3.99. The number of rotatable bonds is 6. The van der Waals surface area contributed by atoms with Crippen molar-refractivity contribution in [2.45, 2.75) is 12.8 Å². The second-order valence-electron chi connectivity index (χ2n) is 3.99. The minimum Gasteiger partial charge on any atom is -0.497 e. The third kappa shape index (κ3) is 4.61. The van der Waals surface area contributed by atoms with Crippen LogP contribution in [-0.4, -0.2) is 30.9 Å². The number of benzene rings is 1. The van der Waals surface area contributed by atoms with Crippen LogP contribution in [-0.2, 0) is 11.3 Å². The Kier molecular flexibility index (Phi) is 5.63. The van der Waals surface area contributed by atoms with Gasteiger partial charge in [-0.1, -0.05) is 17.3 Å². The Labute approximate surface area is 113 Å². The maximum atomic E-state index is 12.6. The van der Waals surface area contributed by atoms with Gasteiger partial charge in [-0.05, 0) is 17.7 Å². The van der Waals surface area contributed by atoms with E-state index in [4.69, 9.17) is 20.4 Å². The lowest BCUT2D eigenvalue weighted by atomic mass is 10.1. The molecule has 1 rings (SSSR count). The Morgan fingerprint density at radius 2 is 2.15 bits per heavy atom. The molecule has 1 aromatic rings. The van der Waals surface area contributed by atoms with Gasteiger partial charge < -0.3 is 20.4 Å². The summed E-state index contributed by atoms with van der Waals surface area (Å²) >= 11 is 0. The lowest BCUT2D eigenvalue weighted by Crippen LogP contribution is -2.39. The number of ether oxygens (including phenoxy) is 2. The van der Waals surface area contributed by atoms with Crippen molar-refractivity contribution in [3.05, 3.63) is 29.8 Å². The summed E-state index contributed by atoms with van der Waals surface area (Å²) in [5, 5.41) is 10.7. The van der Waals surface area contributed by atoms with Gasteiger partial charge in [0.25, 0.3) is 0 Å². The molecule has 20 heavy (non-hydrogen) atoms. The van der Waals surface area contributed by atoms with Gasteiger partial charge in [0.1, 0.15) is 11.7 Å². The quantitative estimate of drug-likeness (QED) is 0.364. The van der Waals surface area contributed by atoms with Gasteiger partial charge in [-0.2, -0.15) is 13.2 Å². The molecule has 0 heterocycles. The monoisotopic (exact) mass is 292 g/mol. The van der Waals surface area contributed by atoms with Crippen LogP contribution in [0.2, 0.25) is 0 Å². The molecule has 0 fully saturated rings. The van der Waals surface area contributed by atoms with E-state index in [1.165, 1.54) is 7.11 Å². The van der Waals surface area contributed by atoms with E-state index in [1.807, 2.05) is 0 Å². The van der Waals surface area contributed by atoms with Crippen LogP contribution in [0, 0.1) is 5.92 Å². The van der Waals surface area contributed by atoms with E-state index in [9.17, 15) is 13.2 Å². The van der Waals surface area contributed by atoms with E-state index in [0.29, 0.717) is 11.3 Å². The second kappa shape index (κ2) is 6.99. The van der Waals surface area contributed by atoms with Crippen LogP contribution >= 0.6 is 0 Å². The topological polar surface area (TPSA) is 77.1 Å². The van der Waals surface area contributed by atoms with Gasteiger partial charge in [0.05, 0.1) is 20.3 Å². The zero-order valence-corrected chi connectivity index (χ0v) is 10.7. The lowest BCUT2D eigenvalue weighted by molar-refractivity contribution is -0.169. The van der Waals surface area contributed by atoms with Gasteiger partial charge in [-0.15, -0.1) is 0 Å². The summed E-state index contributed by atoms with van der Waals surface area (Å²) in [4.78, 5) is 0. The van der Waals surface area contributed by atoms with Crippen LogP contribution in [0.4, 0.5) is 13.2 Å². The summed E-state index contributed by atoms with van der Waals surface area (Å²) in [7, 11) is 1.48. The number of methoxy groups -OCH3 is 1. The summed E-state index contributed by atoms with van der Waals surface area (Å²) in [6.07, 6.45) is -4.63. The Morgan fingerprint density at radius 1 is 1.45 bits per heavy atom. The smallest absolute Gasteiger partial charge is 0.401 e. The standard InChI is InChI=1S/C12H15F3N2O3/c1-19-9-4-2-3-8(5-9)6-20-7-10(11(16)17-18)12(13,14)15/h2-5,10,18H,6-7H2,1H3,(H2,16,17). The fourth-order valence-corrected chi connectivity index (χ4v) is 1.47. The maximum absolute atomic E-state index is 12.6. The molecule has 5 nitrogen and oxygen atoms in total.